The summed E-state index contributed by atoms with van der Waals surface area (Å²) >= 11 is 6.10. The van der Waals surface area contributed by atoms with Crippen LogP contribution in [0.1, 0.15) is 17.7 Å². The average molecular weight is 306 g/mol. The Morgan fingerprint density at radius 1 is 1.43 bits per heavy atom. The number of hydrogen-bond donors (Lipinski definition) is 1. The van der Waals surface area contributed by atoms with E-state index in [4.69, 9.17) is 21.0 Å². The highest BCUT2D eigenvalue weighted by Crippen LogP contribution is 2.23. The zero-order valence-electron chi connectivity index (χ0n) is 11.2. The maximum atomic E-state index is 12.1. The summed E-state index contributed by atoms with van der Waals surface area (Å²) in [5.74, 6) is 0.645. The van der Waals surface area contributed by atoms with Crippen LogP contribution in [0, 0.1) is 6.92 Å². The molecule has 0 spiro atoms. The Bertz CT molecular complexity index is 711. The standard InChI is InChI=1S/C14H12ClN3O3/c1-8-6-13(18-20-8)16-14(19)12-7-11(17-21-12)9-4-2-3-5-10(9)15/h2-6,12H,7H2,1H3,(H,16,18,19). The van der Waals surface area contributed by atoms with Gasteiger partial charge in [-0.2, -0.15) is 0 Å². The Kier molecular flexibility index (Phi) is 3.62. The van der Waals surface area contributed by atoms with Crippen molar-refractivity contribution >= 4 is 29.0 Å². The number of carbonyl (C=O) groups is 1. The predicted molar refractivity (Wildman–Crippen MR) is 77.3 cm³/mol. The van der Waals surface area contributed by atoms with E-state index in [2.05, 4.69) is 15.6 Å². The summed E-state index contributed by atoms with van der Waals surface area (Å²) < 4.78 is 4.88. The van der Waals surface area contributed by atoms with E-state index in [1.807, 2.05) is 18.2 Å². The molecule has 2 heterocycles. The first-order valence-corrected chi connectivity index (χ1v) is 6.73. The van der Waals surface area contributed by atoms with E-state index in [0.29, 0.717) is 28.7 Å². The number of aromatic nitrogens is 1. The van der Waals surface area contributed by atoms with Gasteiger partial charge in [0.1, 0.15) is 5.76 Å². The third-order valence-electron chi connectivity index (χ3n) is 3.03. The molecule has 1 unspecified atom stereocenters. The van der Waals surface area contributed by atoms with Crippen molar-refractivity contribution in [3.8, 4) is 0 Å². The molecular weight excluding hydrogens is 294 g/mol. The first-order valence-electron chi connectivity index (χ1n) is 6.35. The number of amides is 1. The minimum atomic E-state index is -0.701. The summed E-state index contributed by atoms with van der Waals surface area (Å²) in [6.45, 7) is 1.74. The van der Waals surface area contributed by atoms with Crippen LogP contribution in [0.3, 0.4) is 0 Å². The number of carbonyl (C=O) groups excluding carboxylic acids is 1. The van der Waals surface area contributed by atoms with Crippen LogP contribution >= 0.6 is 11.6 Å². The van der Waals surface area contributed by atoms with E-state index < -0.39 is 6.10 Å². The van der Waals surface area contributed by atoms with Gasteiger partial charge in [0.2, 0.25) is 6.10 Å². The molecule has 0 radical (unpaired) electrons. The second kappa shape index (κ2) is 5.57. The third kappa shape index (κ3) is 2.90. The van der Waals surface area contributed by atoms with Gasteiger partial charge in [-0.05, 0) is 13.0 Å². The van der Waals surface area contributed by atoms with Gasteiger partial charge in [-0.25, -0.2) is 0 Å². The van der Waals surface area contributed by atoms with E-state index in [9.17, 15) is 4.79 Å². The molecule has 0 saturated carbocycles. The van der Waals surface area contributed by atoms with Crippen molar-refractivity contribution < 1.29 is 14.2 Å². The van der Waals surface area contributed by atoms with Gasteiger partial charge >= 0.3 is 0 Å². The van der Waals surface area contributed by atoms with Gasteiger partial charge in [0, 0.05) is 23.1 Å². The number of rotatable bonds is 3. The van der Waals surface area contributed by atoms with Crippen LogP contribution < -0.4 is 5.32 Å². The van der Waals surface area contributed by atoms with Gasteiger partial charge in [0.05, 0.1) is 5.71 Å². The molecule has 1 aliphatic heterocycles. The lowest BCUT2D eigenvalue weighted by Gasteiger charge is -2.06. The molecule has 2 aromatic rings. The number of benzene rings is 1. The fourth-order valence-electron chi connectivity index (χ4n) is 2.00. The monoisotopic (exact) mass is 305 g/mol. The van der Waals surface area contributed by atoms with Crippen LogP contribution in [0.25, 0.3) is 0 Å². The fourth-order valence-corrected chi connectivity index (χ4v) is 2.25. The summed E-state index contributed by atoms with van der Waals surface area (Å²) in [5.41, 5.74) is 1.42. The second-order valence-electron chi connectivity index (χ2n) is 4.63. The van der Waals surface area contributed by atoms with Crippen LogP contribution in [-0.2, 0) is 9.63 Å². The number of nitrogens with one attached hydrogen (secondary N) is 1. The lowest BCUT2D eigenvalue weighted by atomic mass is 10.0. The zero-order valence-corrected chi connectivity index (χ0v) is 11.9. The number of aryl methyl sites for hydroxylation is 1. The van der Waals surface area contributed by atoms with Gasteiger partial charge in [-0.1, -0.05) is 40.1 Å². The first kappa shape index (κ1) is 13.6. The summed E-state index contributed by atoms with van der Waals surface area (Å²) in [4.78, 5) is 17.2. The van der Waals surface area contributed by atoms with E-state index in [1.54, 1.807) is 19.1 Å². The Balaban J connectivity index is 1.66. The highest BCUT2D eigenvalue weighted by Gasteiger charge is 2.30. The summed E-state index contributed by atoms with van der Waals surface area (Å²) in [6.07, 6.45) is -0.347. The van der Waals surface area contributed by atoms with Crippen LogP contribution in [0.5, 0.6) is 0 Å². The molecule has 1 atom stereocenters. The molecule has 1 aliphatic rings. The molecule has 0 bridgehead atoms. The second-order valence-corrected chi connectivity index (χ2v) is 5.04. The summed E-state index contributed by atoms with van der Waals surface area (Å²) in [5, 5.41) is 10.8. The van der Waals surface area contributed by atoms with Crippen LogP contribution in [0.4, 0.5) is 5.82 Å². The van der Waals surface area contributed by atoms with Crippen LogP contribution in [-0.4, -0.2) is 22.9 Å². The maximum absolute atomic E-state index is 12.1. The minimum absolute atomic E-state index is 0.325. The van der Waals surface area contributed by atoms with E-state index >= 15 is 0 Å². The quantitative estimate of drug-likeness (QED) is 0.946. The molecule has 1 amide bonds. The molecular formula is C14H12ClN3O3. The number of anilines is 1. The van der Waals surface area contributed by atoms with Crippen molar-refractivity contribution in [3.63, 3.8) is 0 Å². The Morgan fingerprint density at radius 3 is 2.95 bits per heavy atom. The normalized spacial score (nSPS) is 17.2. The molecule has 6 nitrogen and oxygen atoms in total. The van der Waals surface area contributed by atoms with Gasteiger partial charge in [0.25, 0.3) is 5.91 Å². The third-order valence-corrected chi connectivity index (χ3v) is 3.35. The van der Waals surface area contributed by atoms with Crippen molar-refractivity contribution in [2.45, 2.75) is 19.4 Å². The molecule has 1 aromatic carbocycles. The Hall–Kier alpha value is -2.34. The van der Waals surface area contributed by atoms with E-state index in [-0.39, 0.29) is 5.91 Å². The number of nitrogens with zero attached hydrogens (tertiary/aromatic N) is 2. The van der Waals surface area contributed by atoms with Gasteiger partial charge in [-0.15, -0.1) is 0 Å². The topological polar surface area (TPSA) is 76.7 Å². The Labute approximate surface area is 125 Å². The number of hydrogen-bond acceptors (Lipinski definition) is 5. The highest BCUT2D eigenvalue weighted by molar-refractivity contribution is 6.34. The van der Waals surface area contributed by atoms with E-state index in [1.165, 1.54) is 0 Å². The van der Waals surface area contributed by atoms with Gasteiger partial charge in [-0.3, -0.25) is 4.79 Å². The van der Waals surface area contributed by atoms with Crippen molar-refractivity contribution in [2.75, 3.05) is 5.32 Å². The van der Waals surface area contributed by atoms with Crippen LogP contribution in [0.2, 0.25) is 5.02 Å². The summed E-state index contributed by atoms with van der Waals surface area (Å²) in [7, 11) is 0. The van der Waals surface area contributed by atoms with Crippen LogP contribution in [0.15, 0.2) is 40.0 Å². The molecule has 3 rings (SSSR count). The zero-order chi connectivity index (χ0) is 14.8. The number of halogens is 1. The molecule has 0 saturated heterocycles. The van der Waals surface area contributed by atoms with E-state index in [0.717, 1.165) is 5.56 Å². The van der Waals surface area contributed by atoms with Gasteiger partial charge in [0.15, 0.2) is 5.82 Å². The van der Waals surface area contributed by atoms with Crippen molar-refractivity contribution in [3.05, 3.63) is 46.7 Å². The van der Waals surface area contributed by atoms with Crippen molar-refractivity contribution in [1.82, 2.24) is 5.16 Å². The first-order chi connectivity index (χ1) is 10.1. The molecule has 0 fully saturated rings. The smallest absolute Gasteiger partial charge is 0.269 e. The minimum Gasteiger partial charge on any atom is -0.382 e. The molecule has 108 valence electrons. The Morgan fingerprint density at radius 2 is 2.24 bits per heavy atom. The fraction of sp³-hybridized carbons (Fsp3) is 0.214. The summed E-state index contributed by atoms with van der Waals surface area (Å²) in [6, 6.07) is 8.92. The predicted octanol–water partition coefficient (Wildman–Crippen LogP) is 2.77. The molecule has 1 N–H and O–H groups in total. The van der Waals surface area contributed by atoms with Crippen molar-refractivity contribution in [2.24, 2.45) is 5.16 Å². The molecule has 21 heavy (non-hydrogen) atoms. The van der Waals surface area contributed by atoms with Gasteiger partial charge < -0.3 is 14.7 Å². The molecule has 1 aromatic heterocycles. The average Bonchev–Trinajstić information content (AvgIpc) is 3.09. The van der Waals surface area contributed by atoms with Crippen molar-refractivity contribution in [1.29, 1.82) is 0 Å². The lowest BCUT2D eigenvalue weighted by Crippen LogP contribution is -2.28. The molecule has 7 heteroatoms. The molecule has 0 aliphatic carbocycles. The highest BCUT2D eigenvalue weighted by atomic mass is 35.5. The maximum Gasteiger partial charge on any atom is 0.269 e. The number of oxime groups is 1. The SMILES string of the molecule is Cc1cc(NC(=O)C2CC(c3ccccc3Cl)=NO2)no1. The lowest BCUT2D eigenvalue weighted by molar-refractivity contribution is -0.125. The largest absolute Gasteiger partial charge is 0.382 e.